The number of ether oxygens (including phenoxy) is 1. The highest BCUT2D eigenvalue weighted by Crippen LogP contribution is 2.33. The van der Waals surface area contributed by atoms with E-state index in [1.807, 2.05) is 13.0 Å². The van der Waals surface area contributed by atoms with Gasteiger partial charge in [0.05, 0.1) is 10.6 Å². The standard InChI is InChI=1S/C16H14ClFO2/c1-9-4-5-15(13(17)6-9)20-16-7-10(2)14(18)8-12(16)11(3)19/h4-8H,1-3H3. The van der Waals surface area contributed by atoms with Gasteiger partial charge in [-0.25, -0.2) is 4.39 Å². The number of carbonyl (C=O) groups excluding carboxylic acids is 1. The Balaban J connectivity index is 2.47. The largest absolute Gasteiger partial charge is 0.455 e. The fourth-order valence-electron chi connectivity index (χ4n) is 1.82. The van der Waals surface area contributed by atoms with Gasteiger partial charge in [-0.05, 0) is 56.2 Å². The SMILES string of the molecule is CC(=O)c1cc(F)c(C)cc1Oc1ccc(C)cc1Cl. The summed E-state index contributed by atoms with van der Waals surface area (Å²) in [4.78, 5) is 11.6. The number of Topliss-reactive ketones (excluding diaryl/α,β-unsaturated/α-hetero) is 1. The molecule has 2 rings (SSSR count). The molecule has 0 aliphatic heterocycles. The number of benzene rings is 2. The Labute approximate surface area is 122 Å². The summed E-state index contributed by atoms with van der Waals surface area (Å²) in [6, 6.07) is 8.03. The lowest BCUT2D eigenvalue weighted by Crippen LogP contribution is -2.00. The van der Waals surface area contributed by atoms with E-state index >= 15 is 0 Å². The number of hydrogen-bond acceptors (Lipinski definition) is 2. The Morgan fingerprint density at radius 3 is 2.45 bits per heavy atom. The van der Waals surface area contributed by atoms with Gasteiger partial charge in [0.1, 0.15) is 17.3 Å². The molecule has 0 N–H and O–H groups in total. The van der Waals surface area contributed by atoms with Gasteiger partial charge >= 0.3 is 0 Å². The molecule has 0 radical (unpaired) electrons. The van der Waals surface area contributed by atoms with Crippen molar-refractivity contribution in [3.63, 3.8) is 0 Å². The van der Waals surface area contributed by atoms with Crippen LogP contribution in [0.25, 0.3) is 0 Å². The van der Waals surface area contributed by atoms with Crippen LogP contribution >= 0.6 is 11.6 Å². The summed E-state index contributed by atoms with van der Waals surface area (Å²) in [5.41, 5.74) is 1.61. The molecule has 0 unspecified atom stereocenters. The fourth-order valence-corrected chi connectivity index (χ4v) is 2.10. The Morgan fingerprint density at radius 1 is 1.15 bits per heavy atom. The molecule has 0 atom stereocenters. The van der Waals surface area contributed by atoms with Crippen molar-refractivity contribution >= 4 is 17.4 Å². The molecule has 0 aliphatic carbocycles. The third-order valence-corrected chi connectivity index (χ3v) is 3.24. The highest BCUT2D eigenvalue weighted by Gasteiger charge is 2.14. The van der Waals surface area contributed by atoms with E-state index in [-0.39, 0.29) is 11.3 Å². The molecule has 2 aromatic rings. The molecule has 20 heavy (non-hydrogen) atoms. The van der Waals surface area contributed by atoms with Crippen molar-refractivity contribution in [2.75, 3.05) is 0 Å². The molecule has 0 saturated heterocycles. The minimum absolute atomic E-state index is 0.199. The third kappa shape index (κ3) is 2.99. The Morgan fingerprint density at radius 2 is 1.85 bits per heavy atom. The molecule has 0 amide bonds. The summed E-state index contributed by atoms with van der Waals surface area (Å²) in [6.45, 7) is 4.90. The summed E-state index contributed by atoms with van der Waals surface area (Å²) < 4.78 is 19.2. The van der Waals surface area contributed by atoms with E-state index in [0.717, 1.165) is 5.56 Å². The topological polar surface area (TPSA) is 26.3 Å². The van der Waals surface area contributed by atoms with E-state index in [1.54, 1.807) is 19.1 Å². The number of rotatable bonds is 3. The van der Waals surface area contributed by atoms with Gasteiger partial charge in [-0.1, -0.05) is 17.7 Å². The Hall–Kier alpha value is -1.87. The smallest absolute Gasteiger partial charge is 0.163 e. The van der Waals surface area contributed by atoms with E-state index in [4.69, 9.17) is 16.3 Å². The number of hydrogen-bond donors (Lipinski definition) is 0. The first-order valence-corrected chi connectivity index (χ1v) is 6.51. The molecule has 0 heterocycles. The van der Waals surface area contributed by atoms with E-state index in [2.05, 4.69) is 0 Å². The second-order valence-electron chi connectivity index (χ2n) is 4.69. The summed E-state index contributed by atoms with van der Waals surface area (Å²) in [6.07, 6.45) is 0. The van der Waals surface area contributed by atoms with Crippen molar-refractivity contribution in [2.45, 2.75) is 20.8 Å². The normalized spacial score (nSPS) is 10.4. The highest BCUT2D eigenvalue weighted by atomic mass is 35.5. The van der Waals surface area contributed by atoms with Crippen LogP contribution in [-0.4, -0.2) is 5.78 Å². The van der Waals surface area contributed by atoms with Crippen molar-refractivity contribution in [3.05, 3.63) is 57.9 Å². The van der Waals surface area contributed by atoms with Gasteiger partial charge in [-0.3, -0.25) is 4.79 Å². The summed E-state index contributed by atoms with van der Waals surface area (Å²) in [5, 5.41) is 0.446. The van der Waals surface area contributed by atoms with Crippen molar-refractivity contribution < 1.29 is 13.9 Å². The maximum atomic E-state index is 13.6. The quantitative estimate of drug-likeness (QED) is 0.736. The highest BCUT2D eigenvalue weighted by molar-refractivity contribution is 6.32. The van der Waals surface area contributed by atoms with E-state index in [9.17, 15) is 9.18 Å². The second-order valence-corrected chi connectivity index (χ2v) is 5.10. The maximum Gasteiger partial charge on any atom is 0.163 e. The van der Waals surface area contributed by atoms with Crippen molar-refractivity contribution in [3.8, 4) is 11.5 Å². The first-order valence-electron chi connectivity index (χ1n) is 6.13. The van der Waals surface area contributed by atoms with Crippen LogP contribution in [0.2, 0.25) is 5.02 Å². The van der Waals surface area contributed by atoms with Crippen molar-refractivity contribution in [1.29, 1.82) is 0 Å². The first-order chi connectivity index (χ1) is 9.38. The average Bonchev–Trinajstić information content (AvgIpc) is 2.36. The van der Waals surface area contributed by atoms with Crippen LogP contribution in [0.1, 0.15) is 28.4 Å². The molecule has 2 aromatic carbocycles. The van der Waals surface area contributed by atoms with Crippen molar-refractivity contribution in [1.82, 2.24) is 0 Å². The van der Waals surface area contributed by atoms with Crippen LogP contribution in [0.5, 0.6) is 11.5 Å². The van der Waals surface area contributed by atoms with Gasteiger partial charge < -0.3 is 4.74 Å². The molecule has 0 spiro atoms. The molecule has 0 saturated carbocycles. The van der Waals surface area contributed by atoms with Crippen LogP contribution in [-0.2, 0) is 0 Å². The third-order valence-electron chi connectivity index (χ3n) is 2.95. The summed E-state index contributed by atoms with van der Waals surface area (Å²) >= 11 is 6.10. The molecule has 0 aliphatic rings. The zero-order valence-electron chi connectivity index (χ0n) is 11.5. The second kappa shape index (κ2) is 5.63. The molecule has 104 valence electrons. The van der Waals surface area contributed by atoms with Crippen LogP contribution in [0.4, 0.5) is 4.39 Å². The lowest BCUT2D eigenvalue weighted by Gasteiger charge is -2.12. The van der Waals surface area contributed by atoms with E-state index < -0.39 is 5.82 Å². The van der Waals surface area contributed by atoms with Crippen LogP contribution in [0.15, 0.2) is 30.3 Å². The number of ketones is 1. The zero-order valence-corrected chi connectivity index (χ0v) is 12.2. The van der Waals surface area contributed by atoms with Crippen LogP contribution in [0, 0.1) is 19.7 Å². The molecule has 2 nitrogen and oxygen atoms in total. The minimum Gasteiger partial charge on any atom is -0.455 e. The van der Waals surface area contributed by atoms with Gasteiger partial charge in [0.25, 0.3) is 0 Å². The van der Waals surface area contributed by atoms with Gasteiger partial charge in [0.15, 0.2) is 5.78 Å². The molecular weight excluding hydrogens is 279 g/mol. The predicted molar refractivity (Wildman–Crippen MR) is 77.4 cm³/mol. The van der Waals surface area contributed by atoms with E-state index in [0.29, 0.717) is 22.1 Å². The lowest BCUT2D eigenvalue weighted by atomic mass is 10.1. The predicted octanol–water partition coefficient (Wildman–Crippen LogP) is 5.09. The number of halogens is 2. The summed E-state index contributed by atoms with van der Waals surface area (Å²) in [5.74, 6) is 0.0487. The molecule has 0 fully saturated rings. The van der Waals surface area contributed by atoms with E-state index in [1.165, 1.54) is 19.1 Å². The van der Waals surface area contributed by atoms with Gasteiger partial charge in [0, 0.05) is 0 Å². The zero-order chi connectivity index (χ0) is 14.9. The average molecular weight is 293 g/mol. The molecule has 0 bridgehead atoms. The van der Waals surface area contributed by atoms with Crippen LogP contribution < -0.4 is 4.74 Å². The Bertz CT molecular complexity index is 680. The Kier molecular flexibility index (Phi) is 4.09. The number of aryl methyl sites for hydroxylation is 2. The van der Waals surface area contributed by atoms with Gasteiger partial charge in [-0.15, -0.1) is 0 Å². The summed E-state index contributed by atoms with van der Waals surface area (Å²) in [7, 11) is 0. The number of carbonyl (C=O) groups is 1. The van der Waals surface area contributed by atoms with Gasteiger partial charge in [-0.2, -0.15) is 0 Å². The first kappa shape index (κ1) is 14.5. The monoisotopic (exact) mass is 292 g/mol. The van der Waals surface area contributed by atoms with Gasteiger partial charge in [0.2, 0.25) is 0 Å². The molecule has 4 heteroatoms. The van der Waals surface area contributed by atoms with Crippen molar-refractivity contribution in [2.24, 2.45) is 0 Å². The maximum absolute atomic E-state index is 13.6. The lowest BCUT2D eigenvalue weighted by molar-refractivity contribution is 0.101. The minimum atomic E-state index is -0.433. The molecular formula is C16H14ClFO2. The fraction of sp³-hybridized carbons (Fsp3) is 0.188. The molecule has 0 aromatic heterocycles. The van der Waals surface area contributed by atoms with Crippen LogP contribution in [0.3, 0.4) is 0 Å².